The van der Waals surface area contributed by atoms with Crippen LogP contribution in [-0.2, 0) is 9.53 Å². The zero-order chi connectivity index (χ0) is 29.8. The van der Waals surface area contributed by atoms with Crippen molar-refractivity contribution in [3.05, 3.63) is 107 Å². The normalized spacial score (nSPS) is 17.4. The molecule has 41 heavy (non-hydrogen) atoms. The molecule has 8 nitrogen and oxygen atoms in total. The number of hydrogen-bond donors (Lipinski definition) is 2. The Balaban J connectivity index is 1.75. The predicted octanol–water partition coefficient (Wildman–Crippen LogP) is 6.16. The van der Waals surface area contributed by atoms with E-state index in [-0.39, 0.29) is 30.2 Å². The van der Waals surface area contributed by atoms with Gasteiger partial charge in [-0.3, -0.25) is 14.5 Å². The lowest BCUT2D eigenvalue weighted by Crippen LogP contribution is -2.61. The molecule has 0 bridgehead atoms. The largest absolute Gasteiger partial charge is 0.442 e. The molecule has 1 fully saturated rings. The van der Waals surface area contributed by atoms with Gasteiger partial charge in [-0.25, -0.2) is 4.79 Å². The summed E-state index contributed by atoms with van der Waals surface area (Å²) in [6.45, 7) is 11.0. The lowest BCUT2D eigenvalue weighted by atomic mass is 9.91. The minimum absolute atomic E-state index is 0.0990. The van der Waals surface area contributed by atoms with Crippen LogP contribution in [0.25, 0.3) is 0 Å². The standard InChI is InChI=1S/C33H38N4O4/c1-22(23-14-9-7-10-15-23)34-29(39)26-19-13-18-25(20-26)28(24-16-11-8-12-17-24)37-27(38)21-33(5,6)36-30(37)35-31(40)41-32(2,3)4/h7-20,22,28H,21H2,1-6H3,(H,34,39)(H,35,36,40)/t22-,28?/m0/s1. The van der Waals surface area contributed by atoms with Crippen LogP contribution in [0, 0.1) is 0 Å². The monoisotopic (exact) mass is 554 g/mol. The second-order valence-corrected chi connectivity index (χ2v) is 11.9. The fourth-order valence-corrected chi connectivity index (χ4v) is 4.79. The van der Waals surface area contributed by atoms with E-state index in [1.807, 2.05) is 87.5 Å². The third-order valence-electron chi connectivity index (χ3n) is 6.62. The zero-order valence-corrected chi connectivity index (χ0v) is 24.5. The average Bonchev–Trinajstić information content (AvgIpc) is 2.90. The molecule has 3 aromatic rings. The van der Waals surface area contributed by atoms with Gasteiger partial charge in [0.15, 0.2) is 0 Å². The van der Waals surface area contributed by atoms with E-state index in [9.17, 15) is 14.4 Å². The summed E-state index contributed by atoms with van der Waals surface area (Å²) in [4.78, 5) is 45.6. The maximum Gasteiger partial charge on any atom is 0.437 e. The van der Waals surface area contributed by atoms with Crippen molar-refractivity contribution in [2.45, 2.75) is 71.2 Å². The van der Waals surface area contributed by atoms with Crippen LogP contribution >= 0.6 is 0 Å². The van der Waals surface area contributed by atoms with E-state index >= 15 is 0 Å². The number of ether oxygens (including phenoxy) is 1. The van der Waals surface area contributed by atoms with Crippen molar-refractivity contribution in [2.24, 2.45) is 4.99 Å². The SMILES string of the molecule is C[C@H](NC(=O)c1cccc(C(c2ccccc2)N2C(=O)CC(C)(C)NC2=NC(=O)OC(C)(C)C)c1)c1ccccc1. The summed E-state index contributed by atoms with van der Waals surface area (Å²) in [5.74, 6) is -0.346. The van der Waals surface area contributed by atoms with Crippen LogP contribution in [-0.4, -0.2) is 39.9 Å². The van der Waals surface area contributed by atoms with Gasteiger partial charge in [0, 0.05) is 17.5 Å². The van der Waals surface area contributed by atoms with Crippen LogP contribution in [0.15, 0.2) is 89.9 Å². The highest BCUT2D eigenvalue weighted by molar-refractivity contribution is 6.04. The van der Waals surface area contributed by atoms with E-state index in [0.29, 0.717) is 11.1 Å². The van der Waals surface area contributed by atoms with Gasteiger partial charge in [-0.2, -0.15) is 0 Å². The lowest BCUT2D eigenvalue weighted by molar-refractivity contribution is -0.131. The molecule has 0 radical (unpaired) electrons. The van der Waals surface area contributed by atoms with Crippen molar-refractivity contribution >= 4 is 23.9 Å². The Morgan fingerprint density at radius 3 is 2.12 bits per heavy atom. The number of amides is 3. The van der Waals surface area contributed by atoms with Crippen molar-refractivity contribution in [3.63, 3.8) is 0 Å². The molecular formula is C33H38N4O4. The fraction of sp³-hybridized carbons (Fsp3) is 0.333. The van der Waals surface area contributed by atoms with E-state index in [2.05, 4.69) is 15.6 Å². The fourth-order valence-electron chi connectivity index (χ4n) is 4.79. The van der Waals surface area contributed by atoms with E-state index < -0.39 is 23.3 Å². The lowest BCUT2D eigenvalue weighted by Gasteiger charge is -2.42. The van der Waals surface area contributed by atoms with Gasteiger partial charge >= 0.3 is 6.09 Å². The number of rotatable bonds is 6. The molecule has 1 aliphatic rings. The maximum atomic E-state index is 13.8. The van der Waals surface area contributed by atoms with Crippen LogP contribution < -0.4 is 10.6 Å². The summed E-state index contributed by atoms with van der Waals surface area (Å²) in [6.07, 6.45) is -0.622. The van der Waals surface area contributed by atoms with Crippen molar-refractivity contribution in [3.8, 4) is 0 Å². The van der Waals surface area contributed by atoms with Crippen LogP contribution in [0.3, 0.4) is 0 Å². The molecule has 1 unspecified atom stereocenters. The van der Waals surface area contributed by atoms with Crippen LogP contribution in [0.4, 0.5) is 4.79 Å². The molecule has 3 aromatic carbocycles. The van der Waals surface area contributed by atoms with Gasteiger partial charge in [0.2, 0.25) is 11.9 Å². The smallest absolute Gasteiger partial charge is 0.437 e. The summed E-state index contributed by atoms with van der Waals surface area (Å²) in [6, 6.07) is 25.6. The van der Waals surface area contributed by atoms with Crippen molar-refractivity contribution in [2.75, 3.05) is 0 Å². The van der Waals surface area contributed by atoms with Crippen molar-refractivity contribution < 1.29 is 19.1 Å². The Morgan fingerprint density at radius 1 is 0.927 bits per heavy atom. The zero-order valence-electron chi connectivity index (χ0n) is 24.5. The first-order valence-corrected chi connectivity index (χ1v) is 13.8. The summed E-state index contributed by atoms with van der Waals surface area (Å²) < 4.78 is 5.45. The summed E-state index contributed by atoms with van der Waals surface area (Å²) in [5.41, 5.74) is 1.56. The topological polar surface area (TPSA) is 100 Å². The number of nitrogens with zero attached hydrogens (tertiary/aromatic N) is 2. The third kappa shape index (κ3) is 7.60. The first kappa shape index (κ1) is 29.5. The van der Waals surface area contributed by atoms with Crippen LogP contribution in [0.2, 0.25) is 0 Å². The van der Waals surface area contributed by atoms with E-state index in [0.717, 1.165) is 11.1 Å². The number of carbonyl (C=O) groups excluding carboxylic acids is 3. The molecule has 3 amide bonds. The molecule has 4 rings (SSSR count). The van der Waals surface area contributed by atoms with Gasteiger partial charge in [0.1, 0.15) is 5.60 Å². The first-order chi connectivity index (χ1) is 19.3. The number of nitrogens with one attached hydrogen (secondary N) is 2. The molecule has 1 aliphatic heterocycles. The highest BCUT2D eigenvalue weighted by atomic mass is 16.6. The van der Waals surface area contributed by atoms with Crippen molar-refractivity contribution in [1.82, 2.24) is 15.5 Å². The number of hydrogen-bond acceptors (Lipinski definition) is 4. The minimum Gasteiger partial charge on any atom is -0.442 e. The Hall–Kier alpha value is -4.46. The summed E-state index contributed by atoms with van der Waals surface area (Å²) >= 11 is 0. The highest BCUT2D eigenvalue weighted by Gasteiger charge is 2.41. The van der Waals surface area contributed by atoms with Gasteiger partial charge in [0.25, 0.3) is 5.91 Å². The molecule has 0 aliphatic carbocycles. The number of benzene rings is 3. The third-order valence-corrected chi connectivity index (χ3v) is 6.62. The van der Waals surface area contributed by atoms with Gasteiger partial charge in [-0.05, 0) is 70.4 Å². The maximum absolute atomic E-state index is 13.8. The molecule has 8 heteroatoms. The highest BCUT2D eigenvalue weighted by Crippen LogP contribution is 2.33. The van der Waals surface area contributed by atoms with Gasteiger partial charge in [-0.15, -0.1) is 4.99 Å². The molecule has 0 saturated carbocycles. The Kier molecular flexibility index (Phi) is 8.61. The molecule has 2 atom stereocenters. The Bertz CT molecular complexity index is 1430. The second-order valence-electron chi connectivity index (χ2n) is 11.9. The second kappa shape index (κ2) is 12.0. The van der Waals surface area contributed by atoms with E-state index in [1.54, 1.807) is 39.0 Å². The van der Waals surface area contributed by atoms with Gasteiger partial charge in [-0.1, -0.05) is 72.8 Å². The molecule has 2 N–H and O–H groups in total. The molecule has 0 aromatic heterocycles. The van der Waals surface area contributed by atoms with Crippen molar-refractivity contribution in [1.29, 1.82) is 0 Å². The molecule has 1 heterocycles. The quantitative estimate of drug-likeness (QED) is 0.380. The molecule has 1 saturated heterocycles. The Morgan fingerprint density at radius 2 is 1.51 bits per heavy atom. The molecule has 214 valence electrons. The molecular weight excluding hydrogens is 516 g/mol. The average molecular weight is 555 g/mol. The summed E-state index contributed by atoms with van der Waals surface area (Å²) in [7, 11) is 0. The van der Waals surface area contributed by atoms with Gasteiger partial charge < -0.3 is 15.4 Å². The van der Waals surface area contributed by atoms with Crippen LogP contribution in [0.1, 0.15) is 87.1 Å². The molecule has 0 spiro atoms. The van der Waals surface area contributed by atoms with E-state index in [4.69, 9.17) is 4.74 Å². The van der Waals surface area contributed by atoms with E-state index in [1.165, 1.54) is 4.90 Å². The Labute approximate surface area is 241 Å². The predicted molar refractivity (Wildman–Crippen MR) is 159 cm³/mol. The van der Waals surface area contributed by atoms with Gasteiger partial charge in [0.05, 0.1) is 12.1 Å². The number of guanidine groups is 1. The summed E-state index contributed by atoms with van der Waals surface area (Å²) in [5, 5.41) is 6.32. The number of carbonyl (C=O) groups is 3. The minimum atomic E-state index is -0.801. The number of aliphatic imine (C=N–C) groups is 1. The van der Waals surface area contributed by atoms with Crippen LogP contribution in [0.5, 0.6) is 0 Å². The first-order valence-electron chi connectivity index (χ1n) is 13.8.